The SMILES string of the molecule is CC.CC.CNC(=O)OC(C)C. The summed E-state index contributed by atoms with van der Waals surface area (Å²) in [5, 5.41) is 2.34. The molecule has 12 heavy (non-hydrogen) atoms. The van der Waals surface area contributed by atoms with E-state index in [4.69, 9.17) is 0 Å². The van der Waals surface area contributed by atoms with E-state index in [0.29, 0.717) is 0 Å². The highest BCUT2D eigenvalue weighted by Gasteiger charge is 1.98. The molecule has 0 heterocycles. The van der Waals surface area contributed by atoms with Gasteiger partial charge in [-0.3, -0.25) is 0 Å². The van der Waals surface area contributed by atoms with Crippen molar-refractivity contribution in [2.45, 2.75) is 47.6 Å². The second kappa shape index (κ2) is 16.7. The maximum atomic E-state index is 10.3. The van der Waals surface area contributed by atoms with Crippen LogP contribution in [-0.2, 0) is 4.74 Å². The maximum Gasteiger partial charge on any atom is 0.407 e. The van der Waals surface area contributed by atoms with Crippen LogP contribution in [0.2, 0.25) is 0 Å². The van der Waals surface area contributed by atoms with Gasteiger partial charge >= 0.3 is 6.09 Å². The monoisotopic (exact) mass is 177 g/mol. The van der Waals surface area contributed by atoms with E-state index in [0.717, 1.165) is 0 Å². The summed E-state index contributed by atoms with van der Waals surface area (Å²) in [7, 11) is 1.53. The molecule has 0 radical (unpaired) electrons. The summed E-state index contributed by atoms with van der Waals surface area (Å²) in [5.74, 6) is 0. The molecule has 1 amide bonds. The Labute approximate surface area is 76.5 Å². The van der Waals surface area contributed by atoms with Crippen molar-refractivity contribution >= 4 is 6.09 Å². The van der Waals surface area contributed by atoms with Crippen LogP contribution in [0.1, 0.15) is 41.5 Å². The number of rotatable bonds is 1. The number of ether oxygens (including phenoxy) is 1. The zero-order valence-electron chi connectivity index (χ0n) is 9.39. The average Bonchev–Trinajstić information content (AvgIpc) is 2.10. The normalized spacial score (nSPS) is 7.00. The van der Waals surface area contributed by atoms with Gasteiger partial charge in [0.05, 0.1) is 6.10 Å². The van der Waals surface area contributed by atoms with Crippen molar-refractivity contribution in [3.8, 4) is 0 Å². The molecule has 3 heteroatoms. The van der Waals surface area contributed by atoms with Gasteiger partial charge in [0.15, 0.2) is 0 Å². The lowest BCUT2D eigenvalue weighted by Crippen LogP contribution is -2.22. The fourth-order valence-electron chi connectivity index (χ4n) is 0.273. The van der Waals surface area contributed by atoms with E-state index in [1.807, 2.05) is 27.7 Å². The van der Waals surface area contributed by atoms with Crippen molar-refractivity contribution in [1.29, 1.82) is 0 Å². The van der Waals surface area contributed by atoms with E-state index >= 15 is 0 Å². The van der Waals surface area contributed by atoms with Crippen LogP contribution < -0.4 is 5.32 Å². The standard InChI is InChI=1S/C5H11NO2.2C2H6/c1-4(2)8-5(7)6-3;2*1-2/h4H,1-3H3,(H,6,7);2*1-2H3. The molecule has 76 valence electrons. The summed E-state index contributed by atoms with van der Waals surface area (Å²) in [6, 6.07) is 0. The summed E-state index contributed by atoms with van der Waals surface area (Å²) >= 11 is 0. The summed E-state index contributed by atoms with van der Waals surface area (Å²) in [5.41, 5.74) is 0. The van der Waals surface area contributed by atoms with Crippen LogP contribution >= 0.6 is 0 Å². The Kier molecular flexibility index (Phi) is 24.2. The van der Waals surface area contributed by atoms with E-state index < -0.39 is 0 Å². The summed E-state index contributed by atoms with van der Waals surface area (Å²) in [6.07, 6.45) is -0.407. The molecule has 3 nitrogen and oxygen atoms in total. The zero-order chi connectivity index (χ0) is 10.6. The Morgan fingerprint density at radius 1 is 1.17 bits per heavy atom. The summed E-state index contributed by atoms with van der Waals surface area (Å²) in [6.45, 7) is 11.6. The third-order valence-electron chi connectivity index (χ3n) is 0.547. The lowest BCUT2D eigenvalue weighted by Gasteiger charge is -2.04. The molecule has 0 rings (SSSR count). The number of hydrogen-bond donors (Lipinski definition) is 1. The molecule has 0 aromatic heterocycles. The number of alkyl carbamates (subject to hydrolysis) is 1. The fourth-order valence-corrected chi connectivity index (χ4v) is 0.273. The average molecular weight is 177 g/mol. The largest absolute Gasteiger partial charge is 0.447 e. The molecule has 0 saturated carbocycles. The van der Waals surface area contributed by atoms with Gasteiger partial charge in [0.25, 0.3) is 0 Å². The Bertz CT molecular complexity index is 82.6. The van der Waals surface area contributed by atoms with Crippen molar-refractivity contribution in [2.24, 2.45) is 0 Å². The molecule has 0 aliphatic carbocycles. The van der Waals surface area contributed by atoms with Crippen LogP contribution in [0.15, 0.2) is 0 Å². The molecular formula is C9H23NO2. The summed E-state index contributed by atoms with van der Waals surface area (Å²) in [4.78, 5) is 10.3. The van der Waals surface area contributed by atoms with Crippen LogP contribution in [0.25, 0.3) is 0 Å². The fraction of sp³-hybridized carbons (Fsp3) is 0.889. The molecule has 1 N–H and O–H groups in total. The van der Waals surface area contributed by atoms with Crippen LogP contribution in [0.4, 0.5) is 4.79 Å². The third-order valence-corrected chi connectivity index (χ3v) is 0.547. The molecule has 0 bridgehead atoms. The Hall–Kier alpha value is -0.730. The van der Waals surface area contributed by atoms with Crippen molar-refractivity contribution in [3.05, 3.63) is 0 Å². The van der Waals surface area contributed by atoms with Crippen LogP contribution in [-0.4, -0.2) is 19.2 Å². The quantitative estimate of drug-likeness (QED) is 0.669. The van der Waals surface area contributed by atoms with E-state index in [9.17, 15) is 4.79 Å². The van der Waals surface area contributed by atoms with E-state index in [1.54, 1.807) is 13.8 Å². The van der Waals surface area contributed by atoms with Gasteiger partial charge in [-0.05, 0) is 13.8 Å². The Morgan fingerprint density at radius 3 is 1.58 bits per heavy atom. The van der Waals surface area contributed by atoms with Gasteiger partial charge in [-0.25, -0.2) is 4.79 Å². The first kappa shape index (κ1) is 17.4. The minimum atomic E-state index is -0.375. The minimum absolute atomic E-state index is 0.0325. The van der Waals surface area contributed by atoms with Gasteiger partial charge in [-0.1, -0.05) is 27.7 Å². The van der Waals surface area contributed by atoms with Crippen LogP contribution in [0.3, 0.4) is 0 Å². The first-order valence-electron chi connectivity index (χ1n) is 4.55. The van der Waals surface area contributed by atoms with E-state index in [1.165, 1.54) is 7.05 Å². The number of amides is 1. The smallest absolute Gasteiger partial charge is 0.407 e. The highest BCUT2D eigenvalue weighted by atomic mass is 16.6. The van der Waals surface area contributed by atoms with E-state index in [-0.39, 0.29) is 12.2 Å². The lowest BCUT2D eigenvalue weighted by molar-refractivity contribution is 0.117. The molecule has 0 spiro atoms. The lowest BCUT2D eigenvalue weighted by atomic mass is 10.5. The first-order valence-corrected chi connectivity index (χ1v) is 4.55. The van der Waals surface area contributed by atoms with Crippen molar-refractivity contribution in [1.82, 2.24) is 5.32 Å². The van der Waals surface area contributed by atoms with Crippen LogP contribution in [0.5, 0.6) is 0 Å². The third kappa shape index (κ3) is 22.8. The molecule has 0 atom stereocenters. The Balaban J connectivity index is -0.000000175. The highest BCUT2D eigenvalue weighted by Crippen LogP contribution is 1.85. The number of hydrogen-bond acceptors (Lipinski definition) is 2. The molecular weight excluding hydrogens is 154 g/mol. The van der Waals surface area contributed by atoms with Crippen LogP contribution in [0, 0.1) is 0 Å². The zero-order valence-corrected chi connectivity index (χ0v) is 9.39. The molecule has 0 aromatic rings. The molecule has 0 aromatic carbocycles. The number of carbonyl (C=O) groups excluding carboxylic acids is 1. The topological polar surface area (TPSA) is 38.3 Å². The predicted molar refractivity (Wildman–Crippen MR) is 53.4 cm³/mol. The molecule has 0 fully saturated rings. The van der Waals surface area contributed by atoms with Crippen molar-refractivity contribution < 1.29 is 9.53 Å². The molecule has 0 saturated heterocycles. The summed E-state index contributed by atoms with van der Waals surface area (Å²) < 4.78 is 4.65. The van der Waals surface area contributed by atoms with Gasteiger partial charge in [0, 0.05) is 7.05 Å². The number of nitrogens with one attached hydrogen (secondary N) is 1. The van der Waals surface area contributed by atoms with Gasteiger partial charge < -0.3 is 10.1 Å². The van der Waals surface area contributed by atoms with Gasteiger partial charge in [-0.2, -0.15) is 0 Å². The first-order chi connectivity index (χ1) is 5.66. The Morgan fingerprint density at radius 2 is 1.50 bits per heavy atom. The van der Waals surface area contributed by atoms with Gasteiger partial charge in [-0.15, -0.1) is 0 Å². The second-order valence-corrected chi connectivity index (χ2v) is 1.70. The van der Waals surface area contributed by atoms with Gasteiger partial charge in [0.1, 0.15) is 0 Å². The maximum absolute atomic E-state index is 10.3. The predicted octanol–water partition coefficient (Wildman–Crippen LogP) is 2.80. The van der Waals surface area contributed by atoms with Gasteiger partial charge in [0.2, 0.25) is 0 Å². The second-order valence-electron chi connectivity index (χ2n) is 1.70. The minimum Gasteiger partial charge on any atom is -0.447 e. The van der Waals surface area contributed by atoms with Crippen molar-refractivity contribution in [3.63, 3.8) is 0 Å². The molecule has 0 aliphatic heterocycles. The molecule has 0 unspecified atom stereocenters. The highest BCUT2D eigenvalue weighted by molar-refractivity contribution is 5.66. The van der Waals surface area contributed by atoms with E-state index in [2.05, 4.69) is 10.1 Å². The van der Waals surface area contributed by atoms with Crippen molar-refractivity contribution in [2.75, 3.05) is 7.05 Å². The number of carbonyl (C=O) groups is 1. The molecule has 0 aliphatic rings.